The Morgan fingerprint density at radius 2 is 1.68 bits per heavy atom. The molecule has 0 spiro atoms. The summed E-state index contributed by atoms with van der Waals surface area (Å²) in [5.74, 6) is -1.25. The molecular formula is C44H56N12O7. The van der Waals surface area contributed by atoms with Crippen LogP contribution in [0.25, 0.3) is 10.9 Å². The number of rotatable bonds is 21. The lowest BCUT2D eigenvalue weighted by atomic mass is 10.1. The van der Waals surface area contributed by atoms with Gasteiger partial charge in [-0.15, -0.1) is 0 Å². The monoisotopic (exact) mass is 864 g/mol. The summed E-state index contributed by atoms with van der Waals surface area (Å²) < 4.78 is 18.8. The molecule has 4 amide bonds. The van der Waals surface area contributed by atoms with Gasteiger partial charge in [0.15, 0.2) is 0 Å². The van der Waals surface area contributed by atoms with Crippen LogP contribution >= 0.6 is 0 Å². The van der Waals surface area contributed by atoms with Crippen molar-refractivity contribution in [3.63, 3.8) is 0 Å². The molecule has 19 nitrogen and oxygen atoms in total. The number of primary amides is 2. The van der Waals surface area contributed by atoms with Crippen molar-refractivity contribution < 1.29 is 33.4 Å². The first-order valence-corrected chi connectivity index (χ1v) is 19.8. The van der Waals surface area contributed by atoms with E-state index < -0.39 is 29.4 Å². The van der Waals surface area contributed by atoms with Gasteiger partial charge in [-0.1, -0.05) is 18.2 Å². The number of amides is 4. The first-order valence-electron chi connectivity index (χ1n) is 19.8. The van der Waals surface area contributed by atoms with Crippen LogP contribution in [0.15, 0.2) is 94.7 Å². The smallest absolute Gasteiger partial charge is 0.412 e. The van der Waals surface area contributed by atoms with Crippen molar-refractivity contribution in [1.82, 2.24) is 15.1 Å². The molecule has 0 bridgehead atoms. The van der Waals surface area contributed by atoms with E-state index >= 15 is 0 Å². The Bertz CT molecular complexity index is 2440. The summed E-state index contributed by atoms with van der Waals surface area (Å²) in [6, 6.07) is 11.4. The Labute approximate surface area is 365 Å². The van der Waals surface area contributed by atoms with Crippen molar-refractivity contribution in [3.8, 4) is 11.5 Å². The number of benzene rings is 3. The lowest BCUT2D eigenvalue weighted by Crippen LogP contribution is -2.41. The van der Waals surface area contributed by atoms with Gasteiger partial charge in [0.05, 0.1) is 43.4 Å². The fourth-order valence-electron chi connectivity index (χ4n) is 6.03. The Kier molecular flexibility index (Phi) is 16.8. The van der Waals surface area contributed by atoms with Gasteiger partial charge >= 0.3 is 6.09 Å². The largest absolute Gasteiger partial charge is 0.494 e. The van der Waals surface area contributed by atoms with Gasteiger partial charge in [0.2, 0.25) is 11.8 Å². The quantitative estimate of drug-likeness (QED) is 0.0252. The van der Waals surface area contributed by atoms with E-state index in [1.54, 1.807) is 62.5 Å². The Morgan fingerprint density at radius 3 is 2.33 bits per heavy atom. The second kappa shape index (κ2) is 22.1. The van der Waals surface area contributed by atoms with E-state index in [9.17, 15) is 19.2 Å². The zero-order chi connectivity index (χ0) is 46.3. The third-order valence-electron chi connectivity index (χ3n) is 8.78. The SMILES string of the molecule is C=Nc1cc(C(N)=O)cc(OC)c1N(C/C=C/CNc1c(N)cc(C(N)=O)cc1OC/C=C/Cn1ncc2cc(NC(=O)OC(C)(C)C)ccc21)CNC(=O)C(/C=C(/C)N)=NCC. The molecule has 3 aromatic carbocycles. The van der Waals surface area contributed by atoms with Crippen LogP contribution in [0.4, 0.5) is 33.2 Å². The van der Waals surface area contributed by atoms with Gasteiger partial charge in [-0.05, 0) is 96.0 Å². The maximum atomic E-state index is 13.2. The summed E-state index contributed by atoms with van der Waals surface area (Å²) in [7, 11) is 1.43. The van der Waals surface area contributed by atoms with Crippen LogP contribution < -0.4 is 53.3 Å². The molecule has 1 heterocycles. The number of anilines is 4. The molecule has 0 aliphatic rings. The van der Waals surface area contributed by atoms with Crippen molar-refractivity contribution in [3.05, 3.63) is 95.9 Å². The summed E-state index contributed by atoms with van der Waals surface area (Å²) >= 11 is 0. The molecule has 1 aromatic heterocycles. The standard InChI is InChI=1S/C44H56N12O7/c1-8-50-34(19-27(2)45)42(59)52-26-55(39-33(49-6)22-29(41(48)58)24-37(39)61-7)16-10-9-15-51-38-32(46)21-28(40(47)57)23-36(38)62-18-12-11-17-56-35-14-13-31(20-30(35)25-53-56)54-43(60)63-44(3,4)5/h9-14,19-25,51H,6,8,15-18,26,45-46H2,1-5,7H3,(H2,47,57)(H2,48,58)(H,52,59)(H,54,60)/b10-9+,12-11+,27-19-,50-34?. The second-order valence-corrected chi connectivity index (χ2v) is 14.9. The van der Waals surface area contributed by atoms with E-state index in [2.05, 4.69) is 37.8 Å². The van der Waals surface area contributed by atoms with E-state index in [0.29, 0.717) is 47.3 Å². The highest BCUT2D eigenvalue weighted by Crippen LogP contribution is 2.39. The molecule has 0 aliphatic carbocycles. The zero-order valence-corrected chi connectivity index (χ0v) is 36.4. The number of aliphatic imine (C=N–C) groups is 2. The minimum atomic E-state index is -0.683. The number of methoxy groups -OCH3 is 1. The summed E-state index contributed by atoms with van der Waals surface area (Å²) in [5, 5.41) is 14.1. The molecule has 19 heteroatoms. The number of carbonyl (C=O) groups is 4. The number of nitrogens with two attached hydrogens (primary N) is 4. The van der Waals surface area contributed by atoms with Crippen LogP contribution in [0.1, 0.15) is 55.3 Å². The Morgan fingerprint density at radius 1 is 0.968 bits per heavy atom. The van der Waals surface area contributed by atoms with E-state index in [4.69, 9.17) is 37.1 Å². The Hall–Kier alpha value is -7.83. The number of carbonyl (C=O) groups excluding carboxylic acids is 4. The highest BCUT2D eigenvalue weighted by atomic mass is 16.6. The van der Waals surface area contributed by atoms with Gasteiger partial charge in [-0.3, -0.25) is 34.4 Å². The molecule has 334 valence electrons. The van der Waals surface area contributed by atoms with Crippen LogP contribution in [0.3, 0.4) is 0 Å². The van der Waals surface area contributed by atoms with Gasteiger partial charge in [-0.2, -0.15) is 5.10 Å². The number of hydrogen-bond acceptors (Lipinski definition) is 14. The average Bonchev–Trinajstić information content (AvgIpc) is 3.62. The number of ether oxygens (including phenoxy) is 3. The van der Waals surface area contributed by atoms with Crippen LogP contribution in [-0.2, 0) is 16.1 Å². The van der Waals surface area contributed by atoms with E-state index in [1.165, 1.54) is 37.5 Å². The molecule has 0 saturated carbocycles. The number of allylic oxidation sites excluding steroid dienone is 2. The predicted molar refractivity (Wildman–Crippen MR) is 248 cm³/mol. The number of hydrogen-bond donors (Lipinski definition) is 7. The van der Waals surface area contributed by atoms with Gasteiger partial charge in [0.25, 0.3) is 5.91 Å². The van der Waals surface area contributed by atoms with Crippen LogP contribution in [-0.4, -0.2) is 91.6 Å². The summed E-state index contributed by atoms with van der Waals surface area (Å²) in [4.78, 5) is 59.8. The number of fused-ring (bicyclic) bond motifs is 1. The molecule has 4 aromatic rings. The minimum absolute atomic E-state index is 0.0382. The topological polar surface area (TPSA) is 282 Å². The van der Waals surface area contributed by atoms with Crippen molar-refractivity contribution in [2.45, 2.75) is 46.8 Å². The van der Waals surface area contributed by atoms with Crippen LogP contribution in [0.2, 0.25) is 0 Å². The molecule has 0 atom stereocenters. The molecule has 0 fully saturated rings. The Balaban J connectivity index is 1.48. The molecular weight excluding hydrogens is 809 g/mol. The van der Waals surface area contributed by atoms with E-state index in [-0.39, 0.29) is 54.6 Å². The fraction of sp³-hybridized carbons (Fsp3) is 0.295. The highest BCUT2D eigenvalue weighted by Gasteiger charge is 2.21. The molecule has 11 N–H and O–H groups in total. The average molecular weight is 865 g/mol. The van der Waals surface area contributed by atoms with Crippen LogP contribution in [0.5, 0.6) is 11.5 Å². The summed E-state index contributed by atoms with van der Waals surface area (Å²) in [6.07, 6.45) is 9.97. The van der Waals surface area contributed by atoms with Crippen molar-refractivity contribution in [1.29, 1.82) is 0 Å². The number of nitrogens with one attached hydrogen (secondary N) is 3. The lowest BCUT2D eigenvalue weighted by molar-refractivity contribution is -0.114. The third-order valence-corrected chi connectivity index (χ3v) is 8.78. The molecule has 0 aliphatic heterocycles. The molecule has 4 rings (SSSR count). The second-order valence-electron chi connectivity index (χ2n) is 14.9. The molecule has 63 heavy (non-hydrogen) atoms. The fourth-order valence-corrected chi connectivity index (χ4v) is 6.03. The van der Waals surface area contributed by atoms with Gasteiger partial charge in [0.1, 0.15) is 40.8 Å². The third kappa shape index (κ3) is 13.9. The maximum absolute atomic E-state index is 13.2. The molecule has 0 unspecified atom stereocenters. The zero-order valence-electron chi connectivity index (χ0n) is 36.4. The van der Waals surface area contributed by atoms with Crippen molar-refractivity contribution >= 4 is 75.6 Å². The minimum Gasteiger partial charge on any atom is -0.494 e. The molecule has 0 saturated heterocycles. The normalized spacial score (nSPS) is 12.0. The number of nitrogens with zero attached hydrogens (tertiary/aromatic N) is 5. The van der Waals surface area contributed by atoms with Crippen LogP contribution in [0, 0.1) is 0 Å². The maximum Gasteiger partial charge on any atom is 0.412 e. The number of nitrogen functional groups attached to an aromatic ring is 1. The highest BCUT2D eigenvalue weighted by molar-refractivity contribution is 6.43. The first kappa shape index (κ1) is 47.8. The van der Waals surface area contributed by atoms with Gasteiger partial charge in [-0.25, -0.2) is 4.79 Å². The van der Waals surface area contributed by atoms with Gasteiger partial charge < -0.3 is 52.7 Å². The van der Waals surface area contributed by atoms with E-state index in [0.717, 1.165) is 10.9 Å². The molecule has 0 radical (unpaired) electrons. The summed E-state index contributed by atoms with van der Waals surface area (Å²) in [6.45, 7) is 13.8. The van der Waals surface area contributed by atoms with E-state index in [1.807, 2.05) is 30.4 Å². The predicted octanol–water partition coefficient (Wildman–Crippen LogP) is 5.01. The summed E-state index contributed by atoms with van der Waals surface area (Å²) in [5.41, 5.74) is 26.5. The number of aromatic nitrogens is 2. The van der Waals surface area contributed by atoms with Crippen molar-refractivity contribution in [2.75, 3.05) is 61.3 Å². The first-order chi connectivity index (χ1) is 29.9. The lowest BCUT2D eigenvalue weighted by Gasteiger charge is -2.27. The van der Waals surface area contributed by atoms with Gasteiger partial charge in [0, 0.05) is 47.5 Å². The van der Waals surface area contributed by atoms with Crippen molar-refractivity contribution in [2.24, 2.45) is 27.2 Å².